The minimum absolute atomic E-state index is 0.0259. The molecule has 0 spiro atoms. The molecule has 7 nitrogen and oxygen atoms in total. The maximum atomic E-state index is 13.5. The van der Waals surface area contributed by atoms with Crippen LogP contribution in [0.1, 0.15) is 39.2 Å². The SMILES string of the molecule is CC[C@@H](C)NC(=O)[C@@H](CC)N(Cc1ccccc1)C(=O)CN(c1ccccc1)S(C)(=O)=O. The zero-order valence-corrected chi connectivity index (χ0v) is 20.0. The molecule has 0 aliphatic rings. The lowest BCUT2D eigenvalue weighted by Gasteiger charge is -2.33. The zero-order valence-electron chi connectivity index (χ0n) is 19.2. The van der Waals surface area contributed by atoms with Gasteiger partial charge in [-0.3, -0.25) is 13.9 Å². The highest BCUT2D eigenvalue weighted by atomic mass is 32.2. The van der Waals surface area contributed by atoms with E-state index in [1.165, 1.54) is 4.90 Å². The highest BCUT2D eigenvalue weighted by molar-refractivity contribution is 7.92. The number of nitrogens with zero attached hydrogens (tertiary/aromatic N) is 2. The molecule has 0 aromatic heterocycles. The lowest BCUT2D eigenvalue weighted by molar-refractivity contribution is -0.140. The van der Waals surface area contributed by atoms with E-state index in [0.29, 0.717) is 12.1 Å². The number of sulfonamides is 1. The lowest BCUT2D eigenvalue weighted by Crippen LogP contribution is -2.53. The van der Waals surface area contributed by atoms with Crippen LogP contribution >= 0.6 is 0 Å². The summed E-state index contributed by atoms with van der Waals surface area (Å²) in [7, 11) is -3.71. The molecule has 0 radical (unpaired) electrons. The Hall–Kier alpha value is -2.87. The fraction of sp³-hybridized carbons (Fsp3) is 0.417. The van der Waals surface area contributed by atoms with E-state index in [1.54, 1.807) is 30.3 Å². The molecule has 0 aliphatic carbocycles. The predicted octanol–water partition coefficient (Wildman–Crippen LogP) is 3.17. The third-order valence-corrected chi connectivity index (χ3v) is 6.45. The molecule has 0 aliphatic heterocycles. The molecule has 8 heteroatoms. The Morgan fingerprint density at radius 3 is 2.00 bits per heavy atom. The fourth-order valence-corrected chi connectivity index (χ4v) is 4.20. The first-order valence-electron chi connectivity index (χ1n) is 10.8. The average Bonchev–Trinajstić information content (AvgIpc) is 2.77. The van der Waals surface area contributed by atoms with E-state index in [-0.39, 0.29) is 25.0 Å². The molecule has 2 atom stereocenters. The minimum Gasteiger partial charge on any atom is -0.352 e. The summed E-state index contributed by atoms with van der Waals surface area (Å²) in [6.45, 7) is 5.55. The van der Waals surface area contributed by atoms with Crippen molar-refractivity contribution in [1.29, 1.82) is 0 Å². The normalized spacial score (nSPS) is 13.1. The van der Waals surface area contributed by atoms with E-state index >= 15 is 0 Å². The number of carbonyl (C=O) groups excluding carboxylic acids is 2. The van der Waals surface area contributed by atoms with Gasteiger partial charge in [0.1, 0.15) is 12.6 Å². The Morgan fingerprint density at radius 1 is 0.938 bits per heavy atom. The van der Waals surface area contributed by atoms with Crippen LogP contribution in [0, 0.1) is 0 Å². The molecule has 0 fully saturated rings. The van der Waals surface area contributed by atoms with Crippen LogP contribution in [-0.2, 0) is 26.2 Å². The van der Waals surface area contributed by atoms with E-state index < -0.39 is 22.0 Å². The largest absolute Gasteiger partial charge is 0.352 e. The number of nitrogens with one attached hydrogen (secondary N) is 1. The molecule has 2 rings (SSSR count). The molecule has 0 unspecified atom stereocenters. The first-order valence-corrected chi connectivity index (χ1v) is 12.7. The summed E-state index contributed by atoms with van der Waals surface area (Å²) in [6.07, 6.45) is 2.25. The van der Waals surface area contributed by atoms with Crippen LogP contribution in [0.25, 0.3) is 0 Å². The van der Waals surface area contributed by atoms with Gasteiger partial charge in [-0.05, 0) is 37.5 Å². The van der Waals surface area contributed by atoms with Gasteiger partial charge in [0.05, 0.1) is 11.9 Å². The second-order valence-electron chi connectivity index (χ2n) is 7.85. The van der Waals surface area contributed by atoms with Gasteiger partial charge < -0.3 is 10.2 Å². The summed E-state index contributed by atoms with van der Waals surface area (Å²) < 4.78 is 26.0. The van der Waals surface area contributed by atoms with E-state index in [9.17, 15) is 18.0 Å². The second kappa shape index (κ2) is 11.7. The van der Waals surface area contributed by atoms with Gasteiger partial charge in [-0.2, -0.15) is 0 Å². The number of rotatable bonds is 11. The quantitative estimate of drug-likeness (QED) is 0.559. The molecule has 174 valence electrons. The van der Waals surface area contributed by atoms with Gasteiger partial charge in [-0.1, -0.05) is 62.4 Å². The van der Waals surface area contributed by atoms with Gasteiger partial charge >= 0.3 is 0 Å². The molecule has 2 aromatic carbocycles. The smallest absolute Gasteiger partial charge is 0.244 e. The Kier molecular flexibility index (Phi) is 9.26. The topological polar surface area (TPSA) is 86.8 Å². The predicted molar refractivity (Wildman–Crippen MR) is 128 cm³/mol. The van der Waals surface area contributed by atoms with Gasteiger partial charge in [0.25, 0.3) is 0 Å². The number of amides is 2. The lowest BCUT2D eigenvalue weighted by atomic mass is 10.1. The van der Waals surface area contributed by atoms with Crippen LogP contribution in [0.15, 0.2) is 60.7 Å². The molecule has 0 bridgehead atoms. The molecular weight excluding hydrogens is 426 g/mol. The number of benzene rings is 2. The zero-order chi connectivity index (χ0) is 23.7. The van der Waals surface area contributed by atoms with Crippen molar-refractivity contribution >= 4 is 27.5 Å². The summed E-state index contributed by atoms with van der Waals surface area (Å²) in [4.78, 5) is 28.0. The minimum atomic E-state index is -3.71. The standard InChI is InChI=1S/C24H33N3O4S/c1-5-19(3)25-24(29)22(6-2)26(17-20-13-9-7-10-14-20)23(28)18-27(32(4,30)31)21-15-11-8-12-16-21/h7-16,19,22H,5-6,17-18H2,1-4H3,(H,25,29)/t19-,22-/m1/s1. The van der Waals surface area contributed by atoms with E-state index in [0.717, 1.165) is 22.5 Å². The Balaban J connectivity index is 2.38. The Morgan fingerprint density at radius 2 is 1.50 bits per heavy atom. The molecule has 0 heterocycles. The first-order chi connectivity index (χ1) is 15.2. The number of hydrogen-bond donors (Lipinski definition) is 1. The summed E-state index contributed by atoms with van der Waals surface area (Å²) in [5.41, 5.74) is 1.27. The molecule has 1 N–H and O–H groups in total. The Bertz CT molecular complexity index is 981. The third-order valence-electron chi connectivity index (χ3n) is 5.31. The molecule has 2 aromatic rings. The van der Waals surface area contributed by atoms with Gasteiger partial charge in [-0.25, -0.2) is 8.42 Å². The molecular formula is C24H33N3O4S. The van der Waals surface area contributed by atoms with Crippen molar-refractivity contribution in [2.45, 2.75) is 52.2 Å². The average molecular weight is 460 g/mol. The monoisotopic (exact) mass is 459 g/mol. The number of carbonyl (C=O) groups is 2. The van der Waals surface area contributed by atoms with Gasteiger partial charge in [0.15, 0.2) is 0 Å². The van der Waals surface area contributed by atoms with Crippen LogP contribution in [0.5, 0.6) is 0 Å². The van der Waals surface area contributed by atoms with Crippen molar-refractivity contribution in [1.82, 2.24) is 10.2 Å². The molecule has 0 saturated heterocycles. The molecule has 32 heavy (non-hydrogen) atoms. The van der Waals surface area contributed by atoms with Crippen LogP contribution in [0.3, 0.4) is 0 Å². The highest BCUT2D eigenvalue weighted by Crippen LogP contribution is 2.19. The van der Waals surface area contributed by atoms with Crippen LogP contribution < -0.4 is 9.62 Å². The summed E-state index contributed by atoms with van der Waals surface area (Å²) in [6, 6.07) is 17.1. The first kappa shape index (κ1) is 25.4. The second-order valence-corrected chi connectivity index (χ2v) is 9.76. The summed E-state index contributed by atoms with van der Waals surface area (Å²) >= 11 is 0. The highest BCUT2D eigenvalue weighted by Gasteiger charge is 2.32. The number of hydrogen-bond acceptors (Lipinski definition) is 4. The summed E-state index contributed by atoms with van der Waals surface area (Å²) in [5, 5.41) is 2.95. The van der Waals surface area contributed by atoms with Crippen molar-refractivity contribution in [3.8, 4) is 0 Å². The van der Waals surface area contributed by atoms with Crippen molar-refractivity contribution in [3.63, 3.8) is 0 Å². The van der Waals surface area contributed by atoms with Crippen LogP contribution in [0.2, 0.25) is 0 Å². The maximum absolute atomic E-state index is 13.5. The Labute approximate surface area is 191 Å². The van der Waals surface area contributed by atoms with Gasteiger partial charge in [-0.15, -0.1) is 0 Å². The van der Waals surface area contributed by atoms with Crippen LogP contribution in [-0.4, -0.2) is 50.0 Å². The van der Waals surface area contributed by atoms with Crippen molar-refractivity contribution in [3.05, 3.63) is 66.2 Å². The molecule has 2 amide bonds. The summed E-state index contributed by atoms with van der Waals surface area (Å²) in [5.74, 6) is -0.675. The van der Waals surface area contributed by atoms with Crippen molar-refractivity contribution < 1.29 is 18.0 Å². The van der Waals surface area contributed by atoms with Gasteiger partial charge in [0, 0.05) is 12.6 Å². The third kappa shape index (κ3) is 7.09. The van der Waals surface area contributed by atoms with E-state index in [1.807, 2.05) is 51.1 Å². The van der Waals surface area contributed by atoms with Crippen LogP contribution in [0.4, 0.5) is 5.69 Å². The van der Waals surface area contributed by atoms with E-state index in [2.05, 4.69) is 5.32 Å². The van der Waals surface area contributed by atoms with Gasteiger partial charge in [0.2, 0.25) is 21.8 Å². The van der Waals surface area contributed by atoms with E-state index in [4.69, 9.17) is 0 Å². The number of anilines is 1. The fourth-order valence-electron chi connectivity index (χ4n) is 3.35. The molecule has 0 saturated carbocycles. The number of para-hydroxylation sites is 1. The maximum Gasteiger partial charge on any atom is 0.244 e. The van der Waals surface area contributed by atoms with Crippen molar-refractivity contribution in [2.75, 3.05) is 17.1 Å². The van der Waals surface area contributed by atoms with Crippen molar-refractivity contribution in [2.24, 2.45) is 0 Å².